The van der Waals surface area contributed by atoms with Crippen molar-refractivity contribution in [2.75, 3.05) is 0 Å². The van der Waals surface area contributed by atoms with Crippen LogP contribution in [0.15, 0.2) is 0 Å². The third-order valence-corrected chi connectivity index (χ3v) is 2.12. The predicted molar refractivity (Wildman–Crippen MR) is 33.3 cm³/mol. The molecule has 3 unspecified atom stereocenters. The van der Waals surface area contributed by atoms with E-state index in [1.54, 1.807) is 6.42 Å². The number of hydrogen-bond acceptors (Lipinski definition) is 2. The summed E-state index contributed by atoms with van der Waals surface area (Å²) < 4.78 is 5.14. The maximum Gasteiger partial charge on any atom is 0.306 e. The predicted octanol–water partition coefficient (Wildman–Crippen LogP) is 0.453. The molecule has 55 valence electrons. The zero-order chi connectivity index (χ0) is 7.14. The van der Waals surface area contributed by atoms with Crippen LogP contribution in [0.4, 0.5) is 0 Å². The summed E-state index contributed by atoms with van der Waals surface area (Å²) in [6, 6.07) is 0. The van der Waals surface area contributed by atoms with Gasteiger partial charge in [-0.25, -0.2) is 0 Å². The van der Waals surface area contributed by atoms with Crippen molar-refractivity contribution in [3.63, 3.8) is 0 Å². The molecule has 1 radical (unpaired) electrons. The van der Waals surface area contributed by atoms with Gasteiger partial charge in [0.1, 0.15) is 0 Å². The molecule has 1 aliphatic heterocycles. The first-order chi connectivity index (χ1) is 4.77. The maximum atomic E-state index is 10.4. The van der Waals surface area contributed by atoms with E-state index in [9.17, 15) is 4.79 Å². The third-order valence-electron chi connectivity index (χ3n) is 2.12. The molecule has 3 heteroatoms. The largest absolute Gasteiger partial charge is 0.481 e. The fourth-order valence-electron chi connectivity index (χ4n) is 1.43. The van der Waals surface area contributed by atoms with Crippen molar-refractivity contribution < 1.29 is 14.6 Å². The van der Waals surface area contributed by atoms with E-state index in [0.29, 0.717) is 6.10 Å². The van der Waals surface area contributed by atoms with Crippen LogP contribution in [0.5, 0.6) is 0 Å². The van der Waals surface area contributed by atoms with Crippen LogP contribution < -0.4 is 0 Å². The van der Waals surface area contributed by atoms with E-state index in [4.69, 9.17) is 9.84 Å². The lowest BCUT2D eigenvalue weighted by Gasteiger charge is -2.12. The zero-order valence-corrected chi connectivity index (χ0v) is 5.49. The summed E-state index contributed by atoms with van der Waals surface area (Å²) in [5.74, 6) is -0.974. The first kappa shape index (κ1) is 6.16. The maximum absolute atomic E-state index is 10.4. The molecule has 0 aromatic heterocycles. The molecule has 1 saturated heterocycles. The second-order valence-corrected chi connectivity index (χ2v) is 2.85. The van der Waals surface area contributed by atoms with E-state index >= 15 is 0 Å². The highest BCUT2D eigenvalue weighted by Gasteiger charge is 2.45. The van der Waals surface area contributed by atoms with E-state index in [2.05, 4.69) is 0 Å². The van der Waals surface area contributed by atoms with E-state index < -0.39 is 5.97 Å². The minimum atomic E-state index is -0.714. The van der Waals surface area contributed by atoms with Crippen LogP contribution in [0.1, 0.15) is 12.8 Å². The Morgan fingerprint density at radius 3 is 3.00 bits per heavy atom. The van der Waals surface area contributed by atoms with Crippen molar-refractivity contribution in [2.24, 2.45) is 5.92 Å². The summed E-state index contributed by atoms with van der Waals surface area (Å²) in [4.78, 5) is 10.4. The van der Waals surface area contributed by atoms with E-state index in [1.807, 2.05) is 0 Å². The minimum absolute atomic E-state index is 0.162. The number of rotatable bonds is 1. The molecule has 10 heavy (non-hydrogen) atoms. The second-order valence-electron chi connectivity index (χ2n) is 2.85. The van der Waals surface area contributed by atoms with Gasteiger partial charge >= 0.3 is 5.97 Å². The molecule has 0 aromatic rings. The summed E-state index contributed by atoms with van der Waals surface area (Å²) in [6.45, 7) is 0. The van der Waals surface area contributed by atoms with Gasteiger partial charge in [0, 0.05) is 6.42 Å². The highest BCUT2D eigenvalue weighted by molar-refractivity contribution is 5.72. The van der Waals surface area contributed by atoms with Gasteiger partial charge in [-0.1, -0.05) is 0 Å². The normalized spacial score (nSPS) is 44.2. The number of epoxide rings is 1. The van der Waals surface area contributed by atoms with Gasteiger partial charge in [0.25, 0.3) is 0 Å². The van der Waals surface area contributed by atoms with Crippen molar-refractivity contribution in [2.45, 2.75) is 25.0 Å². The van der Waals surface area contributed by atoms with Crippen LogP contribution in [0.2, 0.25) is 0 Å². The molecule has 0 aromatic carbocycles. The number of hydrogen-bond donors (Lipinski definition) is 1. The average Bonchev–Trinajstić information content (AvgIpc) is 2.63. The summed E-state index contributed by atoms with van der Waals surface area (Å²) in [7, 11) is 0. The molecule has 0 bridgehead atoms. The van der Waals surface area contributed by atoms with Gasteiger partial charge in [0.05, 0.1) is 18.1 Å². The summed E-state index contributed by atoms with van der Waals surface area (Å²) in [6.07, 6.45) is 3.98. The molecule has 3 nitrogen and oxygen atoms in total. The number of carbonyl (C=O) groups is 1. The average molecular weight is 141 g/mol. The summed E-state index contributed by atoms with van der Waals surface area (Å²) in [5, 5.41) is 8.59. The molecule has 2 rings (SSSR count). The lowest BCUT2D eigenvalue weighted by atomic mass is 9.90. The van der Waals surface area contributed by atoms with Gasteiger partial charge in [0.15, 0.2) is 0 Å². The molecular formula is C7H9O3. The Hall–Kier alpha value is -0.570. The highest BCUT2D eigenvalue weighted by Crippen LogP contribution is 2.38. The van der Waals surface area contributed by atoms with Crippen molar-refractivity contribution in [3.8, 4) is 0 Å². The first-order valence-corrected chi connectivity index (χ1v) is 3.50. The van der Waals surface area contributed by atoms with E-state index in [1.165, 1.54) is 0 Å². The molecule has 1 heterocycles. The van der Waals surface area contributed by atoms with Crippen LogP contribution in [-0.2, 0) is 9.53 Å². The van der Waals surface area contributed by atoms with Crippen LogP contribution in [0.3, 0.4) is 0 Å². The van der Waals surface area contributed by atoms with E-state index in [0.717, 1.165) is 12.8 Å². The number of fused-ring (bicyclic) bond motifs is 1. The minimum Gasteiger partial charge on any atom is -0.481 e. The smallest absolute Gasteiger partial charge is 0.306 e. The number of carboxylic acids is 1. The molecule has 2 aliphatic rings. The molecule has 1 aliphatic carbocycles. The standard InChI is InChI=1S/C7H9O3/c8-7(9)4-1-2-5-6(3-4)10-5/h3-6H,1-2H2,(H,8,9). The Balaban J connectivity index is 1.94. The first-order valence-electron chi connectivity index (χ1n) is 3.50. The van der Waals surface area contributed by atoms with Crippen LogP contribution >= 0.6 is 0 Å². The zero-order valence-electron chi connectivity index (χ0n) is 5.49. The topological polar surface area (TPSA) is 49.8 Å². The Morgan fingerprint density at radius 2 is 2.40 bits per heavy atom. The fraction of sp³-hybridized carbons (Fsp3) is 0.714. The Kier molecular flexibility index (Phi) is 1.20. The van der Waals surface area contributed by atoms with Crippen molar-refractivity contribution in [1.82, 2.24) is 0 Å². The highest BCUT2D eigenvalue weighted by atomic mass is 16.6. The number of aliphatic carboxylic acids is 1. The van der Waals surface area contributed by atoms with Crippen molar-refractivity contribution >= 4 is 5.97 Å². The summed E-state index contributed by atoms with van der Waals surface area (Å²) in [5.41, 5.74) is 0. The monoisotopic (exact) mass is 141 g/mol. The van der Waals surface area contributed by atoms with Gasteiger partial charge in [-0.15, -0.1) is 0 Å². The molecule has 2 fully saturated rings. The molecule has 3 atom stereocenters. The lowest BCUT2D eigenvalue weighted by molar-refractivity contribution is -0.141. The Bertz CT molecular complexity index is 166. The van der Waals surface area contributed by atoms with Gasteiger partial charge in [-0.3, -0.25) is 4.79 Å². The number of carboxylic acid groups (broad SMARTS) is 1. The molecule has 0 spiro atoms. The van der Waals surface area contributed by atoms with Crippen LogP contribution in [0, 0.1) is 12.3 Å². The third kappa shape index (κ3) is 0.904. The molecule has 1 saturated carbocycles. The second kappa shape index (κ2) is 1.95. The van der Waals surface area contributed by atoms with Gasteiger partial charge in [-0.2, -0.15) is 0 Å². The van der Waals surface area contributed by atoms with Gasteiger partial charge < -0.3 is 9.84 Å². The van der Waals surface area contributed by atoms with Gasteiger partial charge in [0.2, 0.25) is 0 Å². The lowest BCUT2D eigenvalue weighted by Crippen LogP contribution is -2.21. The quantitative estimate of drug-likeness (QED) is 0.539. The fourth-order valence-corrected chi connectivity index (χ4v) is 1.43. The molecule has 0 amide bonds. The van der Waals surface area contributed by atoms with Crippen molar-refractivity contribution in [1.29, 1.82) is 0 Å². The van der Waals surface area contributed by atoms with Gasteiger partial charge in [-0.05, 0) is 12.8 Å². The van der Waals surface area contributed by atoms with Crippen LogP contribution in [0.25, 0.3) is 0 Å². The summed E-state index contributed by atoms with van der Waals surface area (Å²) >= 11 is 0. The SMILES string of the molecule is O=C(O)C1[CH]C2OC2CC1. The van der Waals surface area contributed by atoms with Crippen molar-refractivity contribution in [3.05, 3.63) is 6.42 Å². The molecular weight excluding hydrogens is 132 g/mol. The molecule has 1 N–H and O–H groups in total. The number of ether oxygens (including phenoxy) is 1. The Morgan fingerprint density at radius 1 is 1.60 bits per heavy atom. The van der Waals surface area contributed by atoms with Crippen LogP contribution in [-0.4, -0.2) is 23.3 Å². The van der Waals surface area contributed by atoms with E-state index in [-0.39, 0.29) is 12.0 Å². The Labute approximate surface area is 59.0 Å².